The quantitative estimate of drug-likeness (QED) is 0.631. The zero-order valence-electron chi connectivity index (χ0n) is 14.9. The van der Waals surface area contributed by atoms with E-state index in [4.69, 9.17) is 11.0 Å². The molecule has 0 unspecified atom stereocenters. The lowest BCUT2D eigenvalue weighted by Crippen LogP contribution is -2.43. The number of rotatable bonds is 9. The number of amides is 1. The molecule has 138 valence electrons. The minimum atomic E-state index is -0.672. The van der Waals surface area contributed by atoms with Crippen LogP contribution in [0.15, 0.2) is 9.59 Å². The van der Waals surface area contributed by atoms with Gasteiger partial charge < -0.3 is 10.6 Å². The van der Waals surface area contributed by atoms with Gasteiger partial charge in [-0.3, -0.25) is 19.1 Å². The first-order valence-corrected chi connectivity index (χ1v) is 9.36. The van der Waals surface area contributed by atoms with Crippen molar-refractivity contribution >= 4 is 29.2 Å². The van der Waals surface area contributed by atoms with E-state index in [9.17, 15) is 14.4 Å². The first-order valence-electron chi connectivity index (χ1n) is 8.21. The molecule has 0 aromatic carbocycles. The molecule has 25 heavy (non-hydrogen) atoms. The Balaban J connectivity index is 3.33. The summed E-state index contributed by atoms with van der Waals surface area (Å²) >= 11 is 1.17. The van der Waals surface area contributed by atoms with Gasteiger partial charge in [-0.2, -0.15) is 5.26 Å². The summed E-state index contributed by atoms with van der Waals surface area (Å²) in [6.45, 7) is 6.48. The Kier molecular flexibility index (Phi) is 8.28. The number of nitriles is 1. The zero-order valence-corrected chi connectivity index (χ0v) is 15.7. The molecule has 0 saturated heterocycles. The monoisotopic (exact) mass is 367 g/mol. The van der Waals surface area contributed by atoms with Crippen LogP contribution in [-0.2, 0) is 11.3 Å². The number of aromatic amines is 1. The number of anilines is 2. The van der Waals surface area contributed by atoms with Gasteiger partial charge in [-0.1, -0.05) is 27.2 Å². The van der Waals surface area contributed by atoms with Crippen LogP contribution in [0.1, 0.15) is 33.6 Å². The van der Waals surface area contributed by atoms with E-state index < -0.39 is 11.2 Å². The number of aromatic nitrogens is 2. The Hall–Kier alpha value is -2.21. The summed E-state index contributed by atoms with van der Waals surface area (Å²) in [6.07, 6.45) is 1.59. The van der Waals surface area contributed by atoms with Gasteiger partial charge in [-0.05, 0) is 12.3 Å². The van der Waals surface area contributed by atoms with Crippen molar-refractivity contribution in [1.29, 1.82) is 5.26 Å². The van der Waals surface area contributed by atoms with E-state index in [1.807, 2.05) is 26.8 Å². The minimum Gasteiger partial charge on any atom is -0.383 e. The summed E-state index contributed by atoms with van der Waals surface area (Å²) in [5.41, 5.74) is 4.85. The van der Waals surface area contributed by atoms with Crippen LogP contribution in [0.4, 0.5) is 11.5 Å². The summed E-state index contributed by atoms with van der Waals surface area (Å²) in [5, 5.41) is 8.61. The molecular formula is C16H25N5O3S. The average Bonchev–Trinajstić information content (AvgIpc) is 2.53. The number of H-pyrrole nitrogens is 1. The molecule has 1 aromatic rings. The fourth-order valence-corrected chi connectivity index (χ4v) is 2.85. The molecule has 0 atom stereocenters. The average molecular weight is 367 g/mol. The number of unbranched alkanes of at least 4 members (excludes halogenated alkanes) is 1. The SMILES string of the molecule is CCCCn1c(N)c(N(CC(C)C)C(=O)CSCC#N)c(=O)[nH]c1=O. The minimum absolute atomic E-state index is 0.00137. The number of nitrogen functional groups attached to an aromatic ring is 1. The highest BCUT2D eigenvalue weighted by molar-refractivity contribution is 8.00. The van der Waals surface area contributed by atoms with Gasteiger partial charge in [0.15, 0.2) is 5.69 Å². The fourth-order valence-electron chi connectivity index (χ4n) is 2.32. The van der Waals surface area contributed by atoms with Crippen molar-refractivity contribution in [3.05, 3.63) is 20.8 Å². The lowest BCUT2D eigenvalue weighted by atomic mass is 10.2. The highest BCUT2D eigenvalue weighted by Crippen LogP contribution is 2.20. The molecule has 0 aliphatic rings. The Morgan fingerprint density at radius 3 is 2.68 bits per heavy atom. The molecule has 0 saturated carbocycles. The van der Waals surface area contributed by atoms with Gasteiger partial charge in [0.2, 0.25) is 5.91 Å². The highest BCUT2D eigenvalue weighted by Gasteiger charge is 2.24. The normalized spacial score (nSPS) is 10.7. The second kappa shape index (κ2) is 9.93. The smallest absolute Gasteiger partial charge is 0.330 e. The van der Waals surface area contributed by atoms with E-state index >= 15 is 0 Å². The molecule has 9 heteroatoms. The summed E-state index contributed by atoms with van der Waals surface area (Å²) in [4.78, 5) is 40.5. The fraction of sp³-hybridized carbons (Fsp3) is 0.625. The van der Waals surface area contributed by atoms with Crippen LogP contribution in [0.5, 0.6) is 0 Å². The largest absolute Gasteiger partial charge is 0.383 e. The number of carbonyl (C=O) groups excluding carboxylic acids is 1. The maximum atomic E-state index is 12.6. The number of nitrogens with zero attached hydrogens (tertiary/aromatic N) is 3. The number of thioether (sulfide) groups is 1. The van der Waals surface area contributed by atoms with E-state index in [0.29, 0.717) is 13.1 Å². The zero-order chi connectivity index (χ0) is 19.0. The third kappa shape index (κ3) is 5.67. The number of nitrogens with one attached hydrogen (secondary N) is 1. The van der Waals surface area contributed by atoms with Gasteiger partial charge in [0.1, 0.15) is 5.82 Å². The summed E-state index contributed by atoms with van der Waals surface area (Å²) < 4.78 is 1.29. The molecule has 0 aliphatic carbocycles. The number of nitrogens with two attached hydrogens (primary N) is 1. The number of hydrogen-bond acceptors (Lipinski definition) is 6. The molecule has 1 rings (SSSR count). The van der Waals surface area contributed by atoms with Crippen molar-refractivity contribution in [3.63, 3.8) is 0 Å². The molecule has 0 fully saturated rings. The second-order valence-electron chi connectivity index (χ2n) is 6.05. The molecule has 1 amide bonds. The van der Waals surface area contributed by atoms with Gasteiger partial charge in [-0.15, -0.1) is 11.8 Å². The van der Waals surface area contributed by atoms with Crippen molar-refractivity contribution in [2.24, 2.45) is 5.92 Å². The molecule has 8 nitrogen and oxygen atoms in total. The molecule has 1 aromatic heterocycles. The van der Waals surface area contributed by atoms with E-state index in [0.717, 1.165) is 12.8 Å². The second-order valence-corrected chi connectivity index (χ2v) is 7.03. The number of carbonyl (C=O) groups is 1. The van der Waals surface area contributed by atoms with Crippen LogP contribution in [0.25, 0.3) is 0 Å². The molecule has 1 heterocycles. The first kappa shape index (κ1) is 20.8. The molecule has 0 spiro atoms. The van der Waals surface area contributed by atoms with E-state index in [1.165, 1.54) is 21.2 Å². The van der Waals surface area contributed by atoms with Crippen molar-refractivity contribution < 1.29 is 4.79 Å². The third-order valence-corrected chi connectivity index (χ3v) is 4.24. The Morgan fingerprint density at radius 2 is 2.12 bits per heavy atom. The van der Waals surface area contributed by atoms with Gasteiger partial charge >= 0.3 is 5.69 Å². The van der Waals surface area contributed by atoms with E-state index in [2.05, 4.69) is 4.98 Å². The van der Waals surface area contributed by atoms with Gasteiger partial charge in [0, 0.05) is 13.1 Å². The van der Waals surface area contributed by atoms with Crippen LogP contribution in [0.3, 0.4) is 0 Å². The topological polar surface area (TPSA) is 125 Å². The highest BCUT2D eigenvalue weighted by atomic mass is 32.2. The van der Waals surface area contributed by atoms with Gasteiger partial charge in [0.05, 0.1) is 17.6 Å². The predicted molar refractivity (Wildman–Crippen MR) is 101 cm³/mol. The maximum absolute atomic E-state index is 12.6. The molecule has 0 aliphatic heterocycles. The van der Waals surface area contributed by atoms with Crippen LogP contribution in [-0.4, -0.2) is 33.5 Å². The van der Waals surface area contributed by atoms with Gasteiger partial charge in [-0.25, -0.2) is 4.79 Å². The molecule has 0 bridgehead atoms. The predicted octanol–water partition coefficient (Wildman–Crippen LogP) is 1.16. The summed E-state index contributed by atoms with van der Waals surface area (Å²) in [5.74, 6) is 0.0316. The standard InChI is InChI=1S/C16H25N5O3S/c1-4-5-7-20-14(18)13(15(23)19-16(20)24)21(9-11(2)3)12(22)10-25-8-6-17/h11H,4-5,7-10,18H2,1-3H3,(H,19,23,24). The summed E-state index contributed by atoms with van der Waals surface area (Å²) in [7, 11) is 0. The molecule has 0 radical (unpaired) electrons. The Bertz CT molecular complexity index is 748. The molecule has 3 N–H and O–H groups in total. The van der Waals surface area contributed by atoms with E-state index in [-0.39, 0.29) is 34.8 Å². The van der Waals surface area contributed by atoms with Crippen molar-refractivity contribution in [2.75, 3.05) is 28.7 Å². The van der Waals surface area contributed by atoms with Crippen LogP contribution < -0.4 is 21.9 Å². The van der Waals surface area contributed by atoms with Crippen molar-refractivity contribution in [2.45, 2.75) is 40.2 Å². The Labute approximate surface area is 151 Å². The molecular weight excluding hydrogens is 342 g/mol. The third-order valence-electron chi connectivity index (χ3n) is 3.46. The lowest BCUT2D eigenvalue weighted by Gasteiger charge is -2.26. The van der Waals surface area contributed by atoms with Crippen molar-refractivity contribution in [3.8, 4) is 6.07 Å². The van der Waals surface area contributed by atoms with Crippen LogP contribution in [0.2, 0.25) is 0 Å². The lowest BCUT2D eigenvalue weighted by molar-refractivity contribution is -0.116. The van der Waals surface area contributed by atoms with Crippen LogP contribution >= 0.6 is 11.8 Å². The van der Waals surface area contributed by atoms with Crippen LogP contribution in [0, 0.1) is 17.2 Å². The van der Waals surface area contributed by atoms with Gasteiger partial charge in [0.25, 0.3) is 5.56 Å². The maximum Gasteiger partial charge on any atom is 0.330 e. The number of hydrogen-bond donors (Lipinski definition) is 2. The first-order chi connectivity index (χ1) is 11.8. The summed E-state index contributed by atoms with van der Waals surface area (Å²) in [6, 6.07) is 1.96. The Morgan fingerprint density at radius 1 is 1.44 bits per heavy atom. The van der Waals surface area contributed by atoms with Crippen molar-refractivity contribution in [1.82, 2.24) is 9.55 Å². The van der Waals surface area contributed by atoms with E-state index in [1.54, 1.807) is 0 Å².